The molecule has 1 N–H and O–H groups in total. The van der Waals surface area contributed by atoms with Gasteiger partial charge in [0.1, 0.15) is 11.9 Å². The van der Waals surface area contributed by atoms with Gasteiger partial charge in [-0.15, -0.1) is 0 Å². The molecule has 7 heteroatoms. The van der Waals surface area contributed by atoms with Gasteiger partial charge >= 0.3 is 0 Å². The van der Waals surface area contributed by atoms with E-state index in [4.69, 9.17) is 5.26 Å². The molecule has 180 valence electrons. The Kier molecular flexibility index (Phi) is 6.68. The van der Waals surface area contributed by atoms with E-state index < -0.39 is 0 Å². The monoisotopic (exact) mass is 479 g/mol. The number of fused-ring (bicyclic) bond motifs is 1. The molecule has 0 saturated heterocycles. The van der Waals surface area contributed by atoms with Crippen molar-refractivity contribution in [2.75, 3.05) is 0 Å². The van der Waals surface area contributed by atoms with E-state index in [0.717, 1.165) is 47.7 Å². The number of rotatable bonds is 5. The first-order valence-electron chi connectivity index (χ1n) is 12.2. The standard InChI is InChI=1S/C29H26FN5O/c1-18(35-29(36)22-8-4-20(5-9-22)23-16-33-28(15-31)34-17-23)19-2-6-21(7-3-19)25-12-13-32-27-11-10-24(30)14-26(25)27/h4-5,8-14,16-19,21H,2-3,6-7H2,1H3,(H,35,36)/t18-,19?,21?/m1/s1. The van der Waals surface area contributed by atoms with Gasteiger partial charge in [-0.3, -0.25) is 9.78 Å². The Labute approximate surface area is 209 Å². The lowest BCUT2D eigenvalue weighted by molar-refractivity contribution is 0.0918. The van der Waals surface area contributed by atoms with Crippen molar-refractivity contribution < 1.29 is 9.18 Å². The number of carbonyl (C=O) groups excluding carboxylic acids is 1. The summed E-state index contributed by atoms with van der Waals surface area (Å²) in [7, 11) is 0. The quantitative estimate of drug-likeness (QED) is 0.391. The van der Waals surface area contributed by atoms with Gasteiger partial charge in [0.25, 0.3) is 5.91 Å². The van der Waals surface area contributed by atoms with Gasteiger partial charge in [0.15, 0.2) is 0 Å². The molecular formula is C29H26FN5O. The molecule has 5 rings (SSSR count). The lowest BCUT2D eigenvalue weighted by Crippen LogP contribution is -2.39. The van der Waals surface area contributed by atoms with Gasteiger partial charge in [-0.25, -0.2) is 14.4 Å². The van der Waals surface area contributed by atoms with E-state index in [2.05, 4.69) is 27.2 Å². The molecule has 0 radical (unpaired) electrons. The first kappa shape index (κ1) is 23.6. The minimum Gasteiger partial charge on any atom is -0.349 e. The van der Waals surface area contributed by atoms with Crippen LogP contribution < -0.4 is 5.32 Å². The number of nitrogens with one attached hydrogen (secondary N) is 1. The second-order valence-electron chi connectivity index (χ2n) is 9.42. The average molecular weight is 480 g/mol. The Balaban J connectivity index is 1.19. The van der Waals surface area contributed by atoms with Crippen LogP contribution in [0.15, 0.2) is 67.1 Å². The van der Waals surface area contributed by atoms with Crippen LogP contribution in [0.4, 0.5) is 4.39 Å². The summed E-state index contributed by atoms with van der Waals surface area (Å²) in [5.41, 5.74) is 4.26. The number of amides is 1. The minimum absolute atomic E-state index is 0.0525. The number of nitrogens with zero attached hydrogens (tertiary/aromatic N) is 4. The molecule has 2 aromatic carbocycles. The second kappa shape index (κ2) is 10.2. The van der Waals surface area contributed by atoms with Gasteiger partial charge in [-0.1, -0.05) is 12.1 Å². The highest BCUT2D eigenvalue weighted by Crippen LogP contribution is 2.39. The van der Waals surface area contributed by atoms with Crippen LogP contribution in [-0.2, 0) is 0 Å². The Morgan fingerprint density at radius 1 is 1.00 bits per heavy atom. The molecule has 4 aromatic rings. The molecular weight excluding hydrogens is 453 g/mol. The Bertz CT molecular complexity index is 1420. The largest absolute Gasteiger partial charge is 0.349 e. The first-order valence-corrected chi connectivity index (χ1v) is 12.2. The predicted octanol–water partition coefficient (Wildman–Crippen LogP) is 5.79. The molecule has 0 bridgehead atoms. The summed E-state index contributed by atoms with van der Waals surface area (Å²) < 4.78 is 13.9. The third-order valence-corrected chi connectivity index (χ3v) is 7.25. The zero-order valence-corrected chi connectivity index (χ0v) is 20.0. The molecule has 36 heavy (non-hydrogen) atoms. The molecule has 2 heterocycles. The van der Waals surface area contributed by atoms with Crippen LogP contribution in [0.3, 0.4) is 0 Å². The van der Waals surface area contributed by atoms with Crippen LogP contribution in [0.2, 0.25) is 0 Å². The third-order valence-electron chi connectivity index (χ3n) is 7.25. The SMILES string of the molecule is C[C@@H](NC(=O)c1ccc(-c2cnc(C#N)nc2)cc1)C1CCC(c2ccnc3ccc(F)cc23)CC1. The number of hydrogen-bond donors (Lipinski definition) is 1. The third kappa shape index (κ3) is 4.94. The maximum Gasteiger partial charge on any atom is 0.251 e. The van der Waals surface area contributed by atoms with Gasteiger partial charge in [-0.2, -0.15) is 5.26 Å². The van der Waals surface area contributed by atoms with Crippen molar-refractivity contribution in [3.8, 4) is 17.2 Å². The van der Waals surface area contributed by atoms with Gasteiger partial charge in [0.05, 0.1) is 5.52 Å². The Morgan fingerprint density at radius 2 is 1.72 bits per heavy atom. The van der Waals surface area contributed by atoms with Gasteiger partial charge in [-0.05, 0) is 92.0 Å². The van der Waals surface area contributed by atoms with Gasteiger partial charge < -0.3 is 5.32 Å². The summed E-state index contributed by atoms with van der Waals surface area (Å²) in [5, 5.41) is 12.9. The average Bonchev–Trinajstić information content (AvgIpc) is 2.93. The molecule has 1 aliphatic carbocycles. The number of halogens is 1. The maximum atomic E-state index is 13.9. The van der Waals surface area contributed by atoms with Crippen molar-refractivity contribution in [1.82, 2.24) is 20.3 Å². The summed E-state index contributed by atoms with van der Waals surface area (Å²) in [5.74, 6) is 0.559. The summed E-state index contributed by atoms with van der Waals surface area (Å²) in [6.07, 6.45) is 9.02. The fraction of sp³-hybridized carbons (Fsp3) is 0.276. The van der Waals surface area contributed by atoms with Crippen LogP contribution in [0, 0.1) is 23.1 Å². The number of nitriles is 1. The highest BCUT2D eigenvalue weighted by atomic mass is 19.1. The molecule has 0 spiro atoms. The van der Waals surface area contributed by atoms with E-state index in [1.807, 2.05) is 30.5 Å². The van der Waals surface area contributed by atoms with Gasteiger partial charge in [0, 0.05) is 41.1 Å². The van der Waals surface area contributed by atoms with Crippen molar-refractivity contribution >= 4 is 16.8 Å². The smallest absolute Gasteiger partial charge is 0.251 e. The van der Waals surface area contributed by atoms with E-state index in [-0.39, 0.29) is 23.6 Å². The normalized spacial score (nSPS) is 18.4. The molecule has 0 unspecified atom stereocenters. The Morgan fingerprint density at radius 3 is 2.42 bits per heavy atom. The van der Waals surface area contributed by atoms with Crippen LogP contribution in [-0.4, -0.2) is 26.9 Å². The highest BCUT2D eigenvalue weighted by molar-refractivity contribution is 5.94. The van der Waals surface area contributed by atoms with Crippen molar-refractivity contribution in [1.29, 1.82) is 5.26 Å². The van der Waals surface area contributed by atoms with E-state index in [1.54, 1.807) is 36.7 Å². The molecule has 1 atom stereocenters. The zero-order valence-electron chi connectivity index (χ0n) is 20.0. The minimum atomic E-state index is -0.236. The predicted molar refractivity (Wildman–Crippen MR) is 136 cm³/mol. The molecule has 1 saturated carbocycles. The number of pyridine rings is 1. The van der Waals surface area contributed by atoms with Crippen molar-refractivity contribution in [3.63, 3.8) is 0 Å². The number of hydrogen-bond acceptors (Lipinski definition) is 5. The molecule has 0 aliphatic heterocycles. The van der Waals surface area contributed by atoms with Crippen molar-refractivity contribution in [2.24, 2.45) is 5.92 Å². The molecule has 1 fully saturated rings. The van der Waals surface area contributed by atoms with Crippen molar-refractivity contribution in [2.45, 2.75) is 44.6 Å². The van der Waals surface area contributed by atoms with Crippen LogP contribution in [0.1, 0.15) is 60.3 Å². The fourth-order valence-corrected chi connectivity index (χ4v) is 5.18. The fourth-order valence-electron chi connectivity index (χ4n) is 5.18. The molecule has 6 nitrogen and oxygen atoms in total. The Hall–Kier alpha value is -4.18. The van der Waals surface area contributed by atoms with Crippen molar-refractivity contribution in [3.05, 3.63) is 89.9 Å². The first-order chi connectivity index (χ1) is 17.5. The van der Waals surface area contributed by atoms with Crippen LogP contribution in [0.5, 0.6) is 0 Å². The van der Waals surface area contributed by atoms with E-state index in [0.29, 0.717) is 17.4 Å². The second-order valence-corrected chi connectivity index (χ2v) is 9.42. The number of aromatic nitrogens is 3. The number of carbonyl (C=O) groups is 1. The van der Waals surface area contributed by atoms with E-state index in [9.17, 15) is 9.18 Å². The zero-order chi connectivity index (χ0) is 25.1. The van der Waals surface area contributed by atoms with E-state index >= 15 is 0 Å². The topological polar surface area (TPSA) is 91.6 Å². The van der Waals surface area contributed by atoms with Gasteiger partial charge in [0.2, 0.25) is 5.82 Å². The summed E-state index contributed by atoms with van der Waals surface area (Å²) in [6.45, 7) is 2.07. The summed E-state index contributed by atoms with van der Waals surface area (Å²) in [6, 6.07) is 16.1. The lowest BCUT2D eigenvalue weighted by atomic mass is 9.75. The number of benzene rings is 2. The maximum absolute atomic E-state index is 13.9. The molecule has 1 amide bonds. The lowest BCUT2D eigenvalue weighted by Gasteiger charge is -2.33. The molecule has 1 aliphatic rings. The van der Waals surface area contributed by atoms with Crippen LogP contribution in [0.25, 0.3) is 22.0 Å². The van der Waals surface area contributed by atoms with Crippen LogP contribution >= 0.6 is 0 Å². The van der Waals surface area contributed by atoms with E-state index in [1.165, 1.54) is 11.6 Å². The summed E-state index contributed by atoms with van der Waals surface area (Å²) >= 11 is 0. The highest BCUT2D eigenvalue weighted by Gasteiger charge is 2.28. The summed E-state index contributed by atoms with van der Waals surface area (Å²) in [4.78, 5) is 25.2. The molecule has 2 aromatic heterocycles.